The molecule has 2 rings (SSSR count). The maximum Gasteiger partial charge on any atom is 0.354 e. The summed E-state index contributed by atoms with van der Waals surface area (Å²) in [5.74, 6) is -0.660. The molecule has 1 aromatic carbocycles. The van der Waals surface area contributed by atoms with Crippen LogP contribution in [0.5, 0.6) is 0 Å². The predicted octanol–water partition coefficient (Wildman–Crippen LogP) is 1.74. The zero-order valence-corrected chi connectivity index (χ0v) is 10.5. The van der Waals surface area contributed by atoms with E-state index in [1.165, 1.54) is 17.7 Å². The number of hydrogen-bond donors (Lipinski definition) is 2. The largest absolute Gasteiger partial charge is 0.477 e. The molecule has 1 amide bonds. The lowest BCUT2D eigenvalue weighted by atomic mass is 10.2. The molecule has 19 heavy (non-hydrogen) atoms. The quantitative estimate of drug-likeness (QED) is 0.879. The molecule has 0 saturated heterocycles. The SMILES string of the molecule is CC(=O)Nc1cccc(-c2ncc(C(=O)O)n2C)c1. The lowest BCUT2D eigenvalue weighted by molar-refractivity contribution is -0.114. The summed E-state index contributed by atoms with van der Waals surface area (Å²) in [5, 5.41) is 11.7. The molecule has 0 spiro atoms. The van der Waals surface area contributed by atoms with Crippen molar-refractivity contribution in [1.29, 1.82) is 0 Å². The van der Waals surface area contributed by atoms with Gasteiger partial charge in [-0.2, -0.15) is 0 Å². The smallest absolute Gasteiger partial charge is 0.354 e. The molecule has 0 atom stereocenters. The van der Waals surface area contributed by atoms with E-state index < -0.39 is 5.97 Å². The molecule has 6 nitrogen and oxygen atoms in total. The van der Waals surface area contributed by atoms with Crippen LogP contribution in [-0.4, -0.2) is 26.5 Å². The third-order valence-corrected chi connectivity index (χ3v) is 2.65. The van der Waals surface area contributed by atoms with Gasteiger partial charge in [-0.1, -0.05) is 12.1 Å². The van der Waals surface area contributed by atoms with Crippen molar-refractivity contribution in [2.24, 2.45) is 7.05 Å². The zero-order valence-electron chi connectivity index (χ0n) is 10.5. The van der Waals surface area contributed by atoms with Crippen LogP contribution in [0.4, 0.5) is 5.69 Å². The van der Waals surface area contributed by atoms with Crippen LogP contribution in [0.25, 0.3) is 11.4 Å². The van der Waals surface area contributed by atoms with Crippen LogP contribution in [-0.2, 0) is 11.8 Å². The molecule has 2 aromatic rings. The number of amides is 1. The summed E-state index contributed by atoms with van der Waals surface area (Å²) in [4.78, 5) is 26.1. The van der Waals surface area contributed by atoms with Crippen molar-refractivity contribution in [2.75, 3.05) is 5.32 Å². The van der Waals surface area contributed by atoms with Gasteiger partial charge in [0.15, 0.2) is 0 Å². The van der Waals surface area contributed by atoms with Gasteiger partial charge in [-0.05, 0) is 12.1 Å². The second kappa shape index (κ2) is 4.93. The molecule has 98 valence electrons. The van der Waals surface area contributed by atoms with Gasteiger partial charge in [0.25, 0.3) is 0 Å². The maximum atomic E-state index is 11.0. The number of carbonyl (C=O) groups excluding carboxylic acids is 1. The van der Waals surface area contributed by atoms with Gasteiger partial charge in [-0.3, -0.25) is 4.79 Å². The number of aromatic nitrogens is 2. The highest BCUT2D eigenvalue weighted by Crippen LogP contribution is 2.22. The second-order valence-corrected chi connectivity index (χ2v) is 4.09. The number of carboxylic acids is 1. The molecule has 0 bridgehead atoms. The number of anilines is 1. The van der Waals surface area contributed by atoms with E-state index in [0.717, 1.165) is 5.56 Å². The lowest BCUT2D eigenvalue weighted by Crippen LogP contribution is -2.07. The van der Waals surface area contributed by atoms with Crippen molar-refractivity contribution in [1.82, 2.24) is 9.55 Å². The van der Waals surface area contributed by atoms with E-state index in [1.54, 1.807) is 31.3 Å². The van der Waals surface area contributed by atoms with E-state index >= 15 is 0 Å². The first kappa shape index (κ1) is 12.8. The first-order chi connectivity index (χ1) is 8.99. The van der Waals surface area contributed by atoms with Crippen LogP contribution < -0.4 is 5.32 Å². The Kier molecular flexibility index (Phi) is 3.33. The van der Waals surface area contributed by atoms with Crippen molar-refractivity contribution < 1.29 is 14.7 Å². The Balaban J connectivity index is 2.42. The Morgan fingerprint density at radius 2 is 2.11 bits per heavy atom. The van der Waals surface area contributed by atoms with Crippen molar-refractivity contribution in [3.63, 3.8) is 0 Å². The number of rotatable bonds is 3. The number of aromatic carboxylic acids is 1. The van der Waals surface area contributed by atoms with E-state index in [-0.39, 0.29) is 11.6 Å². The van der Waals surface area contributed by atoms with E-state index in [4.69, 9.17) is 5.11 Å². The first-order valence-corrected chi connectivity index (χ1v) is 5.62. The van der Waals surface area contributed by atoms with Gasteiger partial charge in [0.2, 0.25) is 5.91 Å². The molecule has 0 saturated carbocycles. The molecule has 1 aromatic heterocycles. The molecule has 6 heteroatoms. The first-order valence-electron chi connectivity index (χ1n) is 5.62. The standard InChI is InChI=1S/C13H13N3O3/c1-8(17)15-10-5-3-4-9(6-10)12-14-7-11(13(18)19)16(12)2/h3-7H,1-2H3,(H,15,17)(H,18,19). The third-order valence-electron chi connectivity index (χ3n) is 2.65. The van der Waals surface area contributed by atoms with Gasteiger partial charge in [0.1, 0.15) is 11.5 Å². The fourth-order valence-corrected chi connectivity index (χ4v) is 1.82. The molecular formula is C13H13N3O3. The van der Waals surface area contributed by atoms with Crippen LogP contribution in [0.1, 0.15) is 17.4 Å². The monoisotopic (exact) mass is 259 g/mol. The van der Waals surface area contributed by atoms with Crippen LogP contribution in [0.3, 0.4) is 0 Å². The van der Waals surface area contributed by atoms with Crippen molar-refractivity contribution >= 4 is 17.6 Å². The van der Waals surface area contributed by atoms with Crippen molar-refractivity contribution in [3.05, 3.63) is 36.2 Å². The van der Waals surface area contributed by atoms with Gasteiger partial charge in [-0.15, -0.1) is 0 Å². The Morgan fingerprint density at radius 1 is 1.37 bits per heavy atom. The van der Waals surface area contributed by atoms with E-state index in [1.807, 2.05) is 0 Å². The van der Waals surface area contributed by atoms with E-state index in [0.29, 0.717) is 11.5 Å². The minimum Gasteiger partial charge on any atom is -0.477 e. The predicted molar refractivity (Wildman–Crippen MR) is 69.9 cm³/mol. The lowest BCUT2D eigenvalue weighted by Gasteiger charge is -2.06. The number of carbonyl (C=O) groups is 2. The average Bonchev–Trinajstić information content (AvgIpc) is 2.70. The van der Waals surface area contributed by atoms with Crippen molar-refractivity contribution in [2.45, 2.75) is 6.92 Å². The summed E-state index contributed by atoms with van der Waals surface area (Å²) in [6.45, 7) is 1.43. The molecule has 0 unspecified atom stereocenters. The van der Waals surface area contributed by atoms with Crippen LogP contribution in [0.2, 0.25) is 0 Å². The highest BCUT2D eigenvalue weighted by molar-refractivity contribution is 5.89. The molecule has 0 aliphatic heterocycles. The average molecular weight is 259 g/mol. The number of hydrogen-bond acceptors (Lipinski definition) is 3. The van der Waals surface area contributed by atoms with E-state index in [2.05, 4.69) is 10.3 Å². The highest BCUT2D eigenvalue weighted by atomic mass is 16.4. The molecule has 1 heterocycles. The molecule has 2 N–H and O–H groups in total. The molecule has 0 fully saturated rings. The number of carboxylic acid groups (broad SMARTS) is 1. The number of nitrogens with zero attached hydrogens (tertiary/aromatic N) is 2. The fraction of sp³-hybridized carbons (Fsp3) is 0.154. The molecule has 0 aliphatic carbocycles. The molecule has 0 aliphatic rings. The van der Waals surface area contributed by atoms with Crippen LogP contribution >= 0.6 is 0 Å². The Bertz CT molecular complexity index is 646. The summed E-state index contributed by atoms with van der Waals surface area (Å²) in [7, 11) is 1.64. The zero-order chi connectivity index (χ0) is 14.0. The molecule has 0 radical (unpaired) electrons. The van der Waals surface area contributed by atoms with Gasteiger partial charge >= 0.3 is 5.97 Å². The van der Waals surface area contributed by atoms with Gasteiger partial charge in [0, 0.05) is 25.2 Å². The maximum absolute atomic E-state index is 11.0. The highest BCUT2D eigenvalue weighted by Gasteiger charge is 2.14. The summed E-state index contributed by atoms with van der Waals surface area (Å²) < 4.78 is 1.50. The van der Waals surface area contributed by atoms with Gasteiger partial charge in [0.05, 0.1) is 6.20 Å². The topological polar surface area (TPSA) is 84.2 Å². The minimum atomic E-state index is -1.03. The Hall–Kier alpha value is -2.63. The third kappa shape index (κ3) is 2.62. The normalized spacial score (nSPS) is 10.2. The summed E-state index contributed by atoms with van der Waals surface area (Å²) >= 11 is 0. The van der Waals surface area contributed by atoms with Gasteiger partial charge < -0.3 is 15.0 Å². The van der Waals surface area contributed by atoms with Crippen molar-refractivity contribution in [3.8, 4) is 11.4 Å². The second-order valence-electron chi connectivity index (χ2n) is 4.09. The fourth-order valence-electron chi connectivity index (χ4n) is 1.82. The Labute approximate surface area is 109 Å². The number of imidazole rings is 1. The number of benzene rings is 1. The minimum absolute atomic E-state index is 0.111. The molecular weight excluding hydrogens is 246 g/mol. The van der Waals surface area contributed by atoms with E-state index in [9.17, 15) is 9.59 Å². The summed E-state index contributed by atoms with van der Waals surface area (Å²) in [6, 6.07) is 7.08. The summed E-state index contributed by atoms with van der Waals surface area (Å²) in [6.07, 6.45) is 1.31. The van der Waals surface area contributed by atoms with Crippen LogP contribution in [0.15, 0.2) is 30.5 Å². The van der Waals surface area contributed by atoms with Crippen LogP contribution in [0, 0.1) is 0 Å². The van der Waals surface area contributed by atoms with Gasteiger partial charge in [-0.25, -0.2) is 9.78 Å². The summed E-state index contributed by atoms with van der Waals surface area (Å²) in [5.41, 5.74) is 1.49. The Morgan fingerprint density at radius 3 is 2.68 bits per heavy atom. The number of nitrogens with one attached hydrogen (secondary N) is 1.